The van der Waals surface area contributed by atoms with Crippen LogP contribution in [-0.2, 0) is 17.6 Å². The van der Waals surface area contributed by atoms with Crippen LogP contribution in [0.25, 0.3) is 0 Å². The van der Waals surface area contributed by atoms with Crippen molar-refractivity contribution >= 4 is 11.3 Å². The summed E-state index contributed by atoms with van der Waals surface area (Å²) in [5.41, 5.74) is 8.65. The van der Waals surface area contributed by atoms with Gasteiger partial charge in [-0.2, -0.15) is 0 Å². The quantitative estimate of drug-likeness (QED) is 0.785. The van der Waals surface area contributed by atoms with E-state index in [0.717, 1.165) is 19.4 Å². The normalized spacial score (nSPS) is 21.5. The van der Waals surface area contributed by atoms with Crippen molar-refractivity contribution in [1.82, 2.24) is 0 Å². The summed E-state index contributed by atoms with van der Waals surface area (Å²) in [6.07, 6.45) is 2.36. The van der Waals surface area contributed by atoms with Crippen LogP contribution in [0.5, 0.6) is 0 Å². The first-order chi connectivity index (χ1) is 6.36. The Morgan fingerprint density at radius 1 is 1.69 bits per heavy atom. The van der Waals surface area contributed by atoms with E-state index in [2.05, 4.69) is 12.3 Å². The van der Waals surface area contributed by atoms with Crippen molar-refractivity contribution in [3.63, 3.8) is 0 Å². The highest BCUT2D eigenvalue weighted by molar-refractivity contribution is 7.10. The zero-order valence-electron chi connectivity index (χ0n) is 7.88. The third-order valence-corrected chi connectivity index (χ3v) is 3.74. The van der Waals surface area contributed by atoms with Crippen LogP contribution in [0, 0.1) is 0 Å². The van der Waals surface area contributed by atoms with E-state index in [4.69, 9.17) is 10.5 Å². The van der Waals surface area contributed by atoms with Crippen molar-refractivity contribution in [1.29, 1.82) is 0 Å². The van der Waals surface area contributed by atoms with Crippen molar-refractivity contribution in [3.05, 3.63) is 21.4 Å². The third-order valence-electron chi connectivity index (χ3n) is 2.57. The summed E-state index contributed by atoms with van der Waals surface area (Å²) in [5, 5.41) is 2.25. The van der Waals surface area contributed by atoms with Gasteiger partial charge in [-0.3, -0.25) is 0 Å². The Labute approximate surface area is 82.7 Å². The highest BCUT2D eigenvalue weighted by atomic mass is 32.1. The van der Waals surface area contributed by atoms with E-state index in [0.29, 0.717) is 6.54 Å². The van der Waals surface area contributed by atoms with E-state index in [1.807, 2.05) is 0 Å². The van der Waals surface area contributed by atoms with Gasteiger partial charge in [0.1, 0.15) is 6.10 Å². The lowest BCUT2D eigenvalue weighted by Gasteiger charge is -2.22. The third kappa shape index (κ3) is 1.52. The maximum absolute atomic E-state index is 5.65. The van der Waals surface area contributed by atoms with E-state index in [1.165, 1.54) is 16.0 Å². The Morgan fingerprint density at radius 3 is 3.23 bits per heavy atom. The van der Waals surface area contributed by atoms with Crippen molar-refractivity contribution in [2.24, 2.45) is 5.73 Å². The number of rotatable bonds is 2. The first-order valence-corrected chi connectivity index (χ1v) is 5.65. The van der Waals surface area contributed by atoms with Crippen LogP contribution < -0.4 is 5.73 Å². The minimum absolute atomic E-state index is 0.161. The maximum Gasteiger partial charge on any atom is 0.104 e. The average molecular weight is 197 g/mol. The van der Waals surface area contributed by atoms with Gasteiger partial charge < -0.3 is 10.5 Å². The molecule has 3 heteroatoms. The summed E-state index contributed by atoms with van der Waals surface area (Å²) in [5.74, 6) is 0. The summed E-state index contributed by atoms with van der Waals surface area (Å²) >= 11 is 1.80. The van der Waals surface area contributed by atoms with E-state index in [1.54, 1.807) is 11.3 Å². The van der Waals surface area contributed by atoms with E-state index < -0.39 is 0 Å². The predicted octanol–water partition coefficient (Wildman–Crippen LogP) is 1.88. The van der Waals surface area contributed by atoms with Crippen molar-refractivity contribution in [2.45, 2.75) is 25.9 Å². The van der Waals surface area contributed by atoms with Gasteiger partial charge in [-0.15, -0.1) is 11.3 Å². The van der Waals surface area contributed by atoms with E-state index >= 15 is 0 Å². The molecule has 1 aromatic heterocycles. The average Bonchev–Trinajstić information content (AvgIpc) is 2.60. The molecule has 0 aliphatic carbocycles. The number of aryl methyl sites for hydroxylation is 1. The molecule has 1 atom stereocenters. The number of hydrogen-bond acceptors (Lipinski definition) is 3. The van der Waals surface area contributed by atoms with Gasteiger partial charge in [0.2, 0.25) is 0 Å². The summed E-state index contributed by atoms with van der Waals surface area (Å²) < 4.78 is 5.60. The van der Waals surface area contributed by atoms with Gasteiger partial charge in [0.15, 0.2) is 0 Å². The number of thiophene rings is 1. The monoisotopic (exact) mass is 197 g/mol. The molecule has 0 bridgehead atoms. The molecule has 0 saturated heterocycles. The predicted molar refractivity (Wildman–Crippen MR) is 55.1 cm³/mol. The minimum atomic E-state index is 0.161. The molecule has 2 rings (SSSR count). The van der Waals surface area contributed by atoms with Crippen LogP contribution in [-0.4, -0.2) is 13.2 Å². The molecule has 2 N–H and O–H groups in total. The molecule has 1 aromatic rings. The Bertz CT molecular complexity index is 295. The first kappa shape index (κ1) is 9.19. The lowest BCUT2D eigenvalue weighted by Crippen LogP contribution is -2.21. The summed E-state index contributed by atoms with van der Waals surface area (Å²) in [6.45, 7) is 3.64. The van der Waals surface area contributed by atoms with Gasteiger partial charge in [-0.05, 0) is 29.3 Å². The van der Waals surface area contributed by atoms with Crippen LogP contribution >= 0.6 is 11.3 Å². The molecule has 1 aliphatic rings. The highest BCUT2D eigenvalue weighted by Crippen LogP contribution is 2.34. The zero-order chi connectivity index (χ0) is 9.26. The Hall–Kier alpha value is -0.380. The fourth-order valence-corrected chi connectivity index (χ4v) is 3.11. The molecule has 0 spiro atoms. The van der Waals surface area contributed by atoms with Crippen LogP contribution in [0.15, 0.2) is 5.38 Å². The van der Waals surface area contributed by atoms with Gasteiger partial charge >= 0.3 is 0 Å². The summed E-state index contributed by atoms with van der Waals surface area (Å²) in [6, 6.07) is 0. The number of fused-ring (bicyclic) bond motifs is 1. The molecule has 1 unspecified atom stereocenters. The molecule has 0 radical (unpaired) electrons. The minimum Gasteiger partial charge on any atom is -0.371 e. The Kier molecular flexibility index (Phi) is 2.67. The second-order valence-corrected chi connectivity index (χ2v) is 4.21. The smallest absolute Gasteiger partial charge is 0.104 e. The van der Waals surface area contributed by atoms with Crippen LogP contribution in [0.4, 0.5) is 0 Å². The Morgan fingerprint density at radius 2 is 2.54 bits per heavy atom. The fourth-order valence-electron chi connectivity index (χ4n) is 1.84. The summed E-state index contributed by atoms with van der Waals surface area (Å²) in [4.78, 5) is 1.37. The molecule has 1 aliphatic heterocycles. The highest BCUT2D eigenvalue weighted by Gasteiger charge is 2.23. The molecule has 0 saturated carbocycles. The van der Waals surface area contributed by atoms with Gasteiger partial charge in [-0.1, -0.05) is 6.92 Å². The topological polar surface area (TPSA) is 35.2 Å². The molecular formula is C10H15NOS. The number of nitrogens with two attached hydrogens (primary N) is 1. The summed E-state index contributed by atoms with van der Waals surface area (Å²) in [7, 11) is 0. The molecular weight excluding hydrogens is 182 g/mol. The van der Waals surface area contributed by atoms with Crippen LogP contribution in [0.1, 0.15) is 29.0 Å². The molecule has 13 heavy (non-hydrogen) atoms. The maximum atomic E-state index is 5.65. The van der Waals surface area contributed by atoms with Crippen LogP contribution in [0.2, 0.25) is 0 Å². The van der Waals surface area contributed by atoms with Gasteiger partial charge in [0.25, 0.3) is 0 Å². The van der Waals surface area contributed by atoms with E-state index in [-0.39, 0.29) is 6.10 Å². The first-order valence-electron chi connectivity index (χ1n) is 4.77. The molecule has 0 amide bonds. The standard InChI is InChI=1S/C10H15NOS/c1-2-7-6-13-10-8(7)3-4-12-9(10)5-11/h6,9H,2-5,11H2,1H3. The second kappa shape index (κ2) is 3.78. The van der Waals surface area contributed by atoms with E-state index in [9.17, 15) is 0 Å². The van der Waals surface area contributed by atoms with Crippen LogP contribution in [0.3, 0.4) is 0 Å². The molecule has 0 aromatic carbocycles. The lowest BCUT2D eigenvalue weighted by atomic mass is 10.0. The fraction of sp³-hybridized carbons (Fsp3) is 0.600. The van der Waals surface area contributed by atoms with Gasteiger partial charge in [0, 0.05) is 11.4 Å². The largest absolute Gasteiger partial charge is 0.371 e. The zero-order valence-corrected chi connectivity index (χ0v) is 8.69. The molecule has 2 heterocycles. The SMILES string of the molecule is CCc1csc2c1CCOC2CN. The van der Waals surface area contributed by atoms with Gasteiger partial charge in [0.05, 0.1) is 6.61 Å². The molecule has 2 nitrogen and oxygen atoms in total. The van der Waals surface area contributed by atoms with Crippen molar-refractivity contribution in [2.75, 3.05) is 13.2 Å². The second-order valence-electron chi connectivity index (χ2n) is 3.30. The molecule has 72 valence electrons. The number of hydrogen-bond donors (Lipinski definition) is 1. The lowest BCUT2D eigenvalue weighted by molar-refractivity contribution is 0.0513. The van der Waals surface area contributed by atoms with Crippen molar-refractivity contribution in [3.8, 4) is 0 Å². The van der Waals surface area contributed by atoms with Gasteiger partial charge in [-0.25, -0.2) is 0 Å². The molecule has 0 fully saturated rings. The Balaban J connectivity index is 2.36. The number of ether oxygens (including phenoxy) is 1. The van der Waals surface area contributed by atoms with Crippen molar-refractivity contribution < 1.29 is 4.74 Å².